The van der Waals surface area contributed by atoms with Crippen molar-refractivity contribution in [3.63, 3.8) is 0 Å². The summed E-state index contributed by atoms with van der Waals surface area (Å²) in [6, 6.07) is 20.2. The van der Waals surface area contributed by atoms with Crippen molar-refractivity contribution in [2.24, 2.45) is 7.05 Å². The highest BCUT2D eigenvalue weighted by Gasteiger charge is 2.14. The Hall–Kier alpha value is -3.67. The number of nitrogens with one attached hydrogen (secondary N) is 1. The van der Waals surface area contributed by atoms with Crippen LogP contribution in [0.4, 0.5) is 0 Å². The Labute approximate surface area is 163 Å². The molecule has 140 valence electrons. The van der Waals surface area contributed by atoms with Gasteiger partial charge in [-0.25, -0.2) is 0 Å². The summed E-state index contributed by atoms with van der Waals surface area (Å²) in [5, 5.41) is 11.8. The molecule has 0 atom stereocenters. The van der Waals surface area contributed by atoms with Crippen molar-refractivity contribution in [1.29, 1.82) is 0 Å². The van der Waals surface area contributed by atoms with Crippen LogP contribution in [-0.2, 0) is 20.1 Å². The second kappa shape index (κ2) is 7.92. The lowest BCUT2D eigenvalue weighted by molar-refractivity contribution is 0.0951. The van der Waals surface area contributed by atoms with Crippen LogP contribution in [0.25, 0.3) is 11.3 Å². The van der Waals surface area contributed by atoms with E-state index in [1.807, 2.05) is 59.4 Å². The molecule has 0 saturated heterocycles. The third-order valence-corrected chi connectivity index (χ3v) is 4.48. The zero-order chi connectivity index (χ0) is 19.3. The molecular weight excluding hydrogens is 350 g/mol. The van der Waals surface area contributed by atoms with Gasteiger partial charge >= 0.3 is 0 Å². The molecule has 0 unspecified atom stereocenters. The Morgan fingerprint density at radius 2 is 1.71 bits per heavy atom. The number of nitrogens with zero attached hydrogens (tertiary/aromatic N) is 4. The number of carbonyl (C=O) groups excluding carboxylic acids is 1. The van der Waals surface area contributed by atoms with Gasteiger partial charge in [-0.3, -0.25) is 14.2 Å². The molecule has 6 nitrogen and oxygen atoms in total. The van der Waals surface area contributed by atoms with E-state index in [1.54, 1.807) is 24.1 Å². The number of aryl methyl sites for hydroxylation is 1. The van der Waals surface area contributed by atoms with Gasteiger partial charge < -0.3 is 5.32 Å². The van der Waals surface area contributed by atoms with Gasteiger partial charge in [-0.15, -0.1) is 0 Å². The summed E-state index contributed by atoms with van der Waals surface area (Å²) in [6.45, 7) is 1.07. The molecule has 2 heterocycles. The SMILES string of the molecule is Cn1cc(C(=O)NCc2cn(Cc3ccccc3)nc2-c2ccccc2)cn1. The van der Waals surface area contributed by atoms with Crippen LogP contribution in [0.15, 0.2) is 79.3 Å². The Balaban J connectivity index is 1.58. The molecule has 0 aliphatic heterocycles. The first-order chi connectivity index (χ1) is 13.7. The van der Waals surface area contributed by atoms with E-state index in [1.165, 1.54) is 5.56 Å². The van der Waals surface area contributed by atoms with Crippen molar-refractivity contribution < 1.29 is 4.79 Å². The van der Waals surface area contributed by atoms with Gasteiger partial charge in [-0.2, -0.15) is 10.2 Å². The Morgan fingerprint density at radius 1 is 1.00 bits per heavy atom. The molecule has 1 N–H and O–H groups in total. The maximum absolute atomic E-state index is 12.4. The second-order valence-corrected chi connectivity index (χ2v) is 6.64. The van der Waals surface area contributed by atoms with Crippen molar-refractivity contribution in [3.05, 3.63) is 95.9 Å². The topological polar surface area (TPSA) is 64.7 Å². The van der Waals surface area contributed by atoms with Gasteiger partial charge in [-0.1, -0.05) is 60.7 Å². The average Bonchev–Trinajstić information content (AvgIpc) is 3.34. The Kier molecular flexibility index (Phi) is 5.01. The van der Waals surface area contributed by atoms with Crippen LogP contribution in [0.1, 0.15) is 21.5 Å². The predicted molar refractivity (Wildman–Crippen MR) is 108 cm³/mol. The van der Waals surface area contributed by atoms with Crippen LogP contribution in [-0.4, -0.2) is 25.5 Å². The highest BCUT2D eigenvalue weighted by molar-refractivity contribution is 5.93. The standard InChI is InChI=1S/C22H21N5O/c1-26-15-20(13-24-26)22(28)23-12-19-16-27(14-17-8-4-2-5-9-17)25-21(19)18-10-6-3-7-11-18/h2-11,13,15-16H,12,14H2,1H3,(H,23,28). The lowest BCUT2D eigenvalue weighted by Crippen LogP contribution is -2.22. The van der Waals surface area contributed by atoms with Gasteiger partial charge in [0.15, 0.2) is 0 Å². The molecule has 0 fully saturated rings. The van der Waals surface area contributed by atoms with E-state index in [-0.39, 0.29) is 5.91 Å². The number of hydrogen-bond donors (Lipinski definition) is 1. The number of benzene rings is 2. The molecule has 0 aliphatic carbocycles. The molecule has 0 spiro atoms. The highest BCUT2D eigenvalue weighted by Crippen LogP contribution is 2.22. The minimum Gasteiger partial charge on any atom is -0.348 e. The summed E-state index contributed by atoms with van der Waals surface area (Å²) in [4.78, 5) is 12.4. The van der Waals surface area contributed by atoms with Crippen LogP contribution in [0.5, 0.6) is 0 Å². The summed E-state index contributed by atoms with van der Waals surface area (Å²) in [5.74, 6) is -0.150. The summed E-state index contributed by atoms with van der Waals surface area (Å²) in [7, 11) is 1.79. The molecule has 6 heteroatoms. The number of rotatable bonds is 6. The van der Waals surface area contributed by atoms with E-state index in [9.17, 15) is 4.79 Å². The first-order valence-electron chi connectivity index (χ1n) is 9.11. The fourth-order valence-corrected chi connectivity index (χ4v) is 3.10. The number of aromatic nitrogens is 4. The van der Waals surface area contributed by atoms with Crippen LogP contribution < -0.4 is 5.32 Å². The smallest absolute Gasteiger partial charge is 0.254 e. The van der Waals surface area contributed by atoms with E-state index in [0.717, 1.165) is 16.8 Å². The van der Waals surface area contributed by atoms with E-state index in [0.29, 0.717) is 18.7 Å². The quantitative estimate of drug-likeness (QED) is 0.566. The van der Waals surface area contributed by atoms with Crippen molar-refractivity contribution in [2.45, 2.75) is 13.1 Å². The molecule has 2 aromatic heterocycles. The molecule has 1 amide bonds. The van der Waals surface area contributed by atoms with Gasteiger partial charge in [0.25, 0.3) is 5.91 Å². The van der Waals surface area contributed by atoms with Crippen molar-refractivity contribution in [1.82, 2.24) is 24.9 Å². The van der Waals surface area contributed by atoms with Gasteiger partial charge in [0.05, 0.1) is 24.0 Å². The van der Waals surface area contributed by atoms with E-state index < -0.39 is 0 Å². The Morgan fingerprint density at radius 3 is 2.39 bits per heavy atom. The molecule has 2 aromatic carbocycles. The van der Waals surface area contributed by atoms with Gasteiger partial charge in [0, 0.05) is 37.1 Å². The fraction of sp³-hybridized carbons (Fsp3) is 0.136. The minimum atomic E-state index is -0.150. The third kappa shape index (κ3) is 4.01. The van der Waals surface area contributed by atoms with Crippen molar-refractivity contribution in [2.75, 3.05) is 0 Å². The van der Waals surface area contributed by atoms with Crippen LogP contribution in [0.2, 0.25) is 0 Å². The molecule has 0 bridgehead atoms. The lowest BCUT2D eigenvalue weighted by atomic mass is 10.1. The maximum atomic E-state index is 12.4. The predicted octanol–water partition coefficient (Wildman–Crippen LogP) is 3.26. The zero-order valence-electron chi connectivity index (χ0n) is 15.6. The first-order valence-corrected chi connectivity index (χ1v) is 9.11. The highest BCUT2D eigenvalue weighted by atomic mass is 16.1. The van der Waals surface area contributed by atoms with Gasteiger partial charge in [-0.05, 0) is 5.56 Å². The summed E-state index contributed by atoms with van der Waals surface area (Å²) < 4.78 is 3.53. The minimum absolute atomic E-state index is 0.150. The van der Waals surface area contributed by atoms with Crippen molar-refractivity contribution in [3.8, 4) is 11.3 Å². The second-order valence-electron chi connectivity index (χ2n) is 6.64. The molecule has 28 heavy (non-hydrogen) atoms. The van der Waals surface area contributed by atoms with Crippen LogP contribution >= 0.6 is 0 Å². The normalized spacial score (nSPS) is 10.8. The van der Waals surface area contributed by atoms with Gasteiger partial charge in [0.2, 0.25) is 0 Å². The number of amides is 1. The molecule has 0 radical (unpaired) electrons. The average molecular weight is 371 g/mol. The number of carbonyl (C=O) groups is 1. The van der Waals surface area contributed by atoms with E-state index >= 15 is 0 Å². The first kappa shape index (κ1) is 17.7. The molecule has 4 aromatic rings. The number of hydrogen-bond acceptors (Lipinski definition) is 3. The molecular formula is C22H21N5O. The molecule has 0 saturated carbocycles. The third-order valence-electron chi connectivity index (χ3n) is 4.48. The van der Waals surface area contributed by atoms with Crippen LogP contribution in [0.3, 0.4) is 0 Å². The van der Waals surface area contributed by atoms with E-state index in [4.69, 9.17) is 5.10 Å². The largest absolute Gasteiger partial charge is 0.348 e. The summed E-state index contributed by atoms with van der Waals surface area (Å²) in [5.41, 5.74) is 4.60. The van der Waals surface area contributed by atoms with Crippen molar-refractivity contribution >= 4 is 5.91 Å². The monoisotopic (exact) mass is 371 g/mol. The summed E-state index contributed by atoms with van der Waals surface area (Å²) >= 11 is 0. The zero-order valence-corrected chi connectivity index (χ0v) is 15.6. The van der Waals surface area contributed by atoms with E-state index in [2.05, 4.69) is 22.5 Å². The lowest BCUT2D eigenvalue weighted by Gasteiger charge is -2.04. The summed E-state index contributed by atoms with van der Waals surface area (Å²) in [6.07, 6.45) is 5.26. The molecule has 0 aliphatic rings. The molecule has 4 rings (SSSR count). The maximum Gasteiger partial charge on any atom is 0.254 e. The van der Waals surface area contributed by atoms with Gasteiger partial charge in [0.1, 0.15) is 0 Å². The van der Waals surface area contributed by atoms with Crippen LogP contribution in [0, 0.1) is 0 Å². The Bertz CT molecular complexity index is 1070. The fourth-order valence-electron chi connectivity index (χ4n) is 3.10.